The zero-order chi connectivity index (χ0) is 15.6. The molecule has 23 heavy (non-hydrogen) atoms. The van der Waals surface area contributed by atoms with E-state index in [1.54, 1.807) is 6.33 Å². The Morgan fingerprint density at radius 3 is 2.70 bits per heavy atom. The number of aryl methyl sites for hydroxylation is 1. The summed E-state index contributed by atoms with van der Waals surface area (Å²) >= 11 is 0. The molecule has 0 unspecified atom stereocenters. The van der Waals surface area contributed by atoms with Crippen LogP contribution in [0.3, 0.4) is 0 Å². The van der Waals surface area contributed by atoms with Crippen molar-refractivity contribution in [2.45, 2.75) is 13.3 Å². The molecule has 0 saturated carbocycles. The lowest BCUT2D eigenvalue weighted by Gasteiger charge is -2.31. The summed E-state index contributed by atoms with van der Waals surface area (Å²) in [7, 11) is 0. The van der Waals surface area contributed by atoms with E-state index in [9.17, 15) is 0 Å². The molecule has 6 heteroatoms. The van der Waals surface area contributed by atoms with E-state index in [1.165, 1.54) is 11.1 Å². The molecule has 1 fully saturated rings. The van der Waals surface area contributed by atoms with Gasteiger partial charge in [0.05, 0.1) is 13.2 Å². The van der Waals surface area contributed by atoms with Gasteiger partial charge in [-0.3, -0.25) is 0 Å². The van der Waals surface area contributed by atoms with Crippen LogP contribution < -0.4 is 4.90 Å². The zero-order valence-electron chi connectivity index (χ0n) is 13.1. The number of rotatable bonds is 3. The van der Waals surface area contributed by atoms with Gasteiger partial charge < -0.3 is 9.64 Å². The van der Waals surface area contributed by atoms with Crippen molar-refractivity contribution < 1.29 is 4.74 Å². The molecule has 1 aliphatic heterocycles. The molecule has 3 heterocycles. The van der Waals surface area contributed by atoms with E-state index >= 15 is 0 Å². The molecule has 2 aromatic heterocycles. The Morgan fingerprint density at radius 2 is 1.91 bits per heavy atom. The maximum atomic E-state index is 5.50. The van der Waals surface area contributed by atoms with Crippen molar-refractivity contribution in [3.8, 4) is 0 Å². The van der Waals surface area contributed by atoms with Crippen LogP contribution in [0, 0.1) is 6.92 Å². The highest BCUT2D eigenvalue weighted by Crippen LogP contribution is 2.26. The summed E-state index contributed by atoms with van der Waals surface area (Å²) in [5, 5.41) is 4.40. The number of aromatic nitrogens is 4. The predicted molar refractivity (Wildman–Crippen MR) is 87.8 cm³/mol. The molecule has 0 N–H and O–H groups in total. The summed E-state index contributed by atoms with van der Waals surface area (Å²) in [5.74, 6) is 1.75. The second-order valence-electron chi connectivity index (χ2n) is 5.73. The molecule has 4 rings (SSSR count). The lowest BCUT2D eigenvalue weighted by atomic mass is 10.0. The van der Waals surface area contributed by atoms with Crippen molar-refractivity contribution in [3.63, 3.8) is 0 Å². The molecule has 6 nitrogen and oxygen atoms in total. The molecule has 118 valence electrons. The maximum Gasteiger partial charge on any atom is 0.254 e. The van der Waals surface area contributed by atoms with Crippen LogP contribution in [0.4, 0.5) is 5.82 Å². The molecule has 1 saturated heterocycles. The van der Waals surface area contributed by atoms with Crippen molar-refractivity contribution in [2.24, 2.45) is 0 Å². The highest BCUT2D eigenvalue weighted by molar-refractivity contribution is 5.56. The largest absolute Gasteiger partial charge is 0.378 e. The Hall–Kier alpha value is -2.47. The molecule has 1 aliphatic rings. The number of morpholine rings is 1. The molecule has 0 atom stereocenters. The van der Waals surface area contributed by atoms with Crippen LogP contribution in [0.15, 0.2) is 36.7 Å². The first-order chi connectivity index (χ1) is 11.3. The van der Waals surface area contributed by atoms with E-state index < -0.39 is 0 Å². The fraction of sp³-hybridized carbons (Fsp3) is 0.353. The Morgan fingerprint density at radius 1 is 1.13 bits per heavy atom. The third-order valence-electron chi connectivity index (χ3n) is 4.24. The highest BCUT2D eigenvalue weighted by atomic mass is 16.5. The molecular formula is C17H19N5O. The Labute approximate surface area is 134 Å². The van der Waals surface area contributed by atoms with Crippen LogP contribution in [0.25, 0.3) is 5.78 Å². The van der Waals surface area contributed by atoms with E-state index in [4.69, 9.17) is 4.74 Å². The minimum atomic E-state index is 0.654. The Bertz CT molecular complexity index is 808. The summed E-state index contributed by atoms with van der Waals surface area (Å²) in [5.41, 5.74) is 3.48. The highest BCUT2D eigenvalue weighted by Gasteiger charge is 2.22. The maximum absolute atomic E-state index is 5.50. The number of fused-ring (bicyclic) bond motifs is 1. The van der Waals surface area contributed by atoms with Crippen LogP contribution in [0.1, 0.15) is 16.8 Å². The molecular weight excluding hydrogens is 290 g/mol. The predicted octanol–water partition coefficient (Wildman–Crippen LogP) is 1.86. The smallest absolute Gasteiger partial charge is 0.254 e. The number of ether oxygens (including phenoxy) is 1. The molecule has 3 aromatic rings. The molecule has 0 spiro atoms. The first-order valence-electron chi connectivity index (χ1n) is 7.89. The molecule has 1 aromatic carbocycles. The fourth-order valence-electron chi connectivity index (χ4n) is 3.08. The second-order valence-corrected chi connectivity index (χ2v) is 5.73. The van der Waals surface area contributed by atoms with Gasteiger partial charge >= 0.3 is 0 Å². The number of nitrogens with zero attached hydrogens (tertiary/aromatic N) is 5. The van der Waals surface area contributed by atoms with Gasteiger partial charge in [-0.1, -0.05) is 30.3 Å². The fourth-order valence-corrected chi connectivity index (χ4v) is 3.08. The second kappa shape index (κ2) is 5.96. The van der Waals surface area contributed by atoms with Gasteiger partial charge in [0.25, 0.3) is 5.78 Å². The lowest BCUT2D eigenvalue weighted by molar-refractivity contribution is 0.122. The molecule has 0 radical (unpaired) electrons. The summed E-state index contributed by atoms with van der Waals surface area (Å²) in [4.78, 5) is 11.2. The van der Waals surface area contributed by atoms with Crippen LogP contribution in [0.5, 0.6) is 0 Å². The topological polar surface area (TPSA) is 55.5 Å². The zero-order valence-corrected chi connectivity index (χ0v) is 13.1. The lowest BCUT2D eigenvalue weighted by Crippen LogP contribution is -2.38. The van der Waals surface area contributed by atoms with E-state index in [0.717, 1.165) is 44.2 Å². The van der Waals surface area contributed by atoms with Crippen LogP contribution in [0.2, 0.25) is 0 Å². The average molecular weight is 309 g/mol. The van der Waals surface area contributed by atoms with Gasteiger partial charge in [0, 0.05) is 30.8 Å². The van der Waals surface area contributed by atoms with E-state index in [0.29, 0.717) is 5.78 Å². The summed E-state index contributed by atoms with van der Waals surface area (Å²) in [6.07, 6.45) is 2.40. The monoisotopic (exact) mass is 309 g/mol. The number of hydrogen-bond acceptors (Lipinski definition) is 5. The average Bonchev–Trinajstić information content (AvgIpc) is 3.05. The van der Waals surface area contributed by atoms with Gasteiger partial charge in [-0.25, -0.2) is 4.98 Å². The van der Waals surface area contributed by atoms with Crippen LogP contribution >= 0.6 is 0 Å². The SMILES string of the molecule is Cc1nc2ncnn2c(N2CCOCC2)c1Cc1ccccc1. The van der Waals surface area contributed by atoms with Gasteiger partial charge in [0.2, 0.25) is 0 Å². The van der Waals surface area contributed by atoms with Crippen molar-refractivity contribution >= 4 is 11.6 Å². The standard InChI is InChI=1S/C17H19N5O/c1-13-15(11-14-5-3-2-4-6-14)16(21-7-9-23-10-8-21)22-17(20-13)18-12-19-22/h2-6,12H,7-11H2,1H3. The number of benzene rings is 1. The van der Waals surface area contributed by atoms with Crippen molar-refractivity contribution in [3.05, 3.63) is 53.5 Å². The summed E-state index contributed by atoms with van der Waals surface area (Å²) in [6, 6.07) is 10.5. The quantitative estimate of drug-likeness (QED) is 0.739. The first kappa shape index (κ1) is 14.1. The molecule has 0 aliphatic carbocycles. The third-order valence-corrected chi connectivity index (χ3v) is 4.24. The normalized spacial score (nSPS) is 15.3. The molecule has 0 amide bonds. The van der Waals surface area contributed by atoms with Gasteiger partial charge in [-0.15, -0.1) is 0 Å². The van der Waals surface area contributed by atoms with Gasteiger partial charge in [-0.2, -0.15) is 14.6 Å². The Kier molecular flexibility index (Phi) is 3.67. The van der Waals surface area contributed by atoms with Crippen molar-refractivity contribution in [2.75, 3.05) is 31.2 Å². The van der Waals surface area contributed by atoms with Crippen LogP contribution in [-0.4, -0.2) is 45.9 Å². The van der Waals surface area contributed by atoms with Crippen molar-refractivity contribution in [1.29, 1.82) is 0 Å². The van der Waals surface area contributed by atoms with Gasteiger partial charge in [0.15, 0.2) is 0 Å². The van der Waals surface area contributed by atoms with Gasteiger partial charge in [-0.05, 0) is 12.5 Å². The summed E-state index contributed by atoms with van der Waals surface area (Å²) in [6.45, 7) is 5.25. The number of hydrogen-bond donors (Lipinski definition) is 0. The third kappa shape index (κ3) is 2.66. The minimum absolute atomic E-state index is 0.654. The molecule has 0 bridgehead atoms. The van der Waals surface area contributed by atoms with Crippen molar-refractivity contribution in [1.82, 2.24) is 19.6 Å². The summed E-state index contributed by atoms with van der Waals surface area (Å²) < 4.78 is 7.36. The van der Waals surface area contributed by atoms with Gasteiger partial charge in [0.1, 0.15) is 12.1 Å². The van der Waals surface area contributed by atoms with E-state index in [2.05, 4.69) is 51.2 Å². The Balaban J connectivity index is 1.85. The van der Waals surface area contributed by atoms with E-state index in [1.807, 2.05) is 10.6 Å². The van der Waals surface area contributed by atoms with Crippen LogP contribution in [-0.2, 0) is 11.2 Å². The first-order valence-corrected chi connectivity index (χ1v) is 7.89. The van der Waals surface area contributed by atoms with E-state index in [-0.39, 0.29) is 0 Å². The minimum Gasteiger partial charge on any atom is -0.378 e. The number of anilines is 1.